The molecule has 92 valence electrons. The van der Waals surface area contributed by atoms with Crippen LogP contribution in [-0.4, -0.2) is 5.91 Å². The van der Waals surface area contributed by atoms with Crippen molar-refractivity contribution in [1.29, 1.82) is 0 Å². The van der Waals surface area contributed by atoms with E-state index in [-0.39, 0.29) is 11.8 Å². The maximum Gasteiger partial charge on any atom is 0.227 e. The first-order valence-electron chi connectivity index (χ1n) is 5.93. The third-order valence-corrected chi connectivity index (χ3v) is 4.06. The summed E-state index contributed by atoms with van der Waals surface area (Å²) < 4.78 is 0.828. The summed E-state index contributed by atoms with van der Waals surface area (Å²) >= 11 is 9.26. The highest BCUT2D eigenvalue weighted by molar-refractivity contribution is 9.10. The van der Waals surface area contributed by atoms with Gasteiger partial charge in [-0.2, -0.15) is 0 Å². The average molecular weight is 317 g/mol. The molecule has 0 heterocycles. The molecule has 4 heteroatoms. The van der Waals surface area contributed by atoms with E-state index in [4.69, 9.17) is 11.6 Å². The van der Waals surface area contributed by atoms with Crippen molar-refractivity contribution in [3.63, 3.8) is 0 Å². The van der Waals surface area contributed by atoms with Crippen LogP contribution in [0, 0.1) is 5.92 Å². The Labute approximate surface area is 115 Å². The lowest BCUT2D eigenvalue weighted by atomic mass is 9.88. The molecule has 1 fully saturated rings. The lowest BCUT2D eigenvalue weighted by Crippen LogP contribution is -2.24. The first-order chi connectivity index (χ1) is 8.16. The van der Waals surface area contributed by atoms with Crippen LogP contribution in [0.1, 0.15) is 32.1 Å². The largest absolute Gasteiger partial charge is 0.325 e. The van der Waals surface area contributed by atoms with Gasteiger partial charge in [0.15, 0.2) is 0 Å². The van der Waals surface area contributed by atoms with Gasteiger partial charge in [-0.15, -0.1) is 0 Å². The number of amides is 1. The Morgan fingerprint density at radius 1 is 1.29 bits per heavy atom. The molecule has 0 unspecified atom stereocenters. The van der Waals surface area contributed by atoms with Gasteiger partial charge in [0.05, 0.1) is 5.69 Å². The molecule has 0 aromatic heterocycles. The number of rotatable bonds is 2. The van der Waals surface area contributed by atoms with Crippen LogP contribution in [0.25, 0.3) is 0 Å². The molecule has 1 aromatic rings. The standard InChI is InChI=1S/C13H15BrClNO/c14-11-8-10(15)6-7-12(11)16-13(17)9-4-2-1-3-5-9/h6-9H,1-5H2,(H,16,17). The average Bonchev–Trinajstić information content (AvgIpc) is 2.34. The van der Waals surface area contributed by atoms with E-state index in [1.165, 1.54) is 19.3 Å². The predicted molar refractivity (Wildman–Crippen MR) is 74.4 cm³/mol. The fraction of sp³-hybridized carbons (Fsp3) is 0.462. The van der Waals surface area contributed by atoms with Crippen LogP contribution in [0.5, 0.6) is 0 Å². The molecule has 1 aliphatic rings. The normalized spacial score (nSPS) is 16.8. The Bertz CT molecular complexity index is 416. The predicted octanol–water partition coefficient (Wildman–Crippen LogP) is 4.62. The number of carbonyl (C=O) groups excluding carboxylic acids is 1. The Morgan fingerprint density at radius 3 is 2.65 bits per heavy atom. The monoisotopic (exact) mass is 315 g/mol. The highest BCUT2D eigenvalue weighted by Gasteiger charge is 2.21. The zero-order valence-corrected chi connectivity index (χ0v) is 11.9. The summed E-state index contributed by atoms with van der Waals surface area (Å²) in [6, 6.07) is 5.40. The summed E-state index contributed by atoms with van der Waals surface area (Å²) in [5.74, 6) is 0.305. The SMILES string of the molecule is O=C(Nc1ccc(Cl)cc1Br)C1CCCCC1. The van der Waals surface area contributed by atoms with Crippen molar-refractivity contribution in [3.05, 3.63) is 27.7 Å². The van der Waals surface area contributed by atoms with Crippen molar-refractivity contribution in [2.75, 3.05) is 5.32 Å². The Kier molecular flexibility index (Phi) is 4.46. The molecule has 0 aliphatic heterocycles. The fourth-order valence-corrected chi connectivity index (χ4v) is 2.97. The van der Waals surface area contributed by atoms with Crippen molar-refractivity contribution in [3.8, 4) is 0 Å². The number of anilines is 1. The van der Waals surface area contributed by atoms with E-state index in [1.54, 1.807) is 12.1 Å². The van der Waals surface area contributed by atoms with E-state index in [0.29, 0.717) is 5.02 Å². The van der Waals surface area contributed by atoms with E-state index >= 15 is 0 Å². The molecule has 2 rings (SSSR count). The smallest absolute Gasteiger partial charge is 0.227 e. The number of carbonyl (C=O) groups is 1. The van der Waals surface area contributed by atoms with Crippen LogP contribution in [0.15, 0.2) is 22.7 Å². The Hall–Kier alpha value is -0.540. The maximum absolute atomic E-state index is 12.0. The highest BCUT2D eigenvalue weighted by atomic mass is 79.9. The van der Waals surface area contributed by atoms with Crippen LogP contribution >= 0.6 is 27.5 Å². The first-order valence-corrected chi connectivity index (χ1v) is 7.10. The molecule has 0 bridgehead atoms. The summed E-state index contributed by atoms with van der Waals surface area (Å²) in [6.45, 7) is 0. The van der Waals surface area contributed by atoms with Crippen LogP contribution in [0.2, 0.25) is 5.02 Å². The maximum atomic E-state index is 12.0. The zero-order chi connectivity index (χ0) is 12.3. The topological polar surface area (TPSA) is 29.1 Å². The molecule has 17 heavy (non-hydrogen) atoms. The van der Waals surface area contributed by atoms with Gasteiger partial charge in [0, 0.05) is 15.4 Å². The van der Waals surface area contributed by atoms with E-state index in [0.717, 1.165) is 23.0 Å². The number of benzene rings is 1. The minimum absolute atomic E-state index is 0.132. The fourth-order valence-electron chi connectivity index (χ4n) is 2.19. The van der Waals surface area contributed by atoms with Gasteiger partial charge in [-0.05, 0) is 47.0 Å². The lowest BCUT2D eigenvalue weighted by molar-refractivity contribution is -0.120. The van der Waals surface area contributed by atoms with Gasteiger partial charge in [-0.1, -0.05) is 30.9 Å². The summed E-state index contributed by atoms with van der Waals surface area (Å²) in [5, 5.41) is 3.62. The van der Waals surface area contributed by atoms with Gasteiger partial charge in [-0.25, -0.2) is 0 Å². The molecule has 1 amide bonds. The second-order valence-electron chi connectivity index (χ2n) is 4.45. The Morgan fingerprint density at radius 2 is 2.00 bits per heavy atom. The van der Waals surface area contributed by atoms with Gasteiger partial charge in [0.1, 0.15) is 0 Å². The summed E-state index contributed by atoms with van der Waals surface area (Å²) in [4.78, 5) is 12.0. The second kappa shape index (κ2) is 5.87. The molecule has 1 aliphatic carbocycles. The van der Waals surface area contributed by atoms with E-state index < -0.39 is 0 Å². The van der Waals surface area contributed by atoms with Crippen molar-refractivity contribution >= 4 is 39.1 Å². The molecule has 1 aromatic carbocycles. The number of hydrogen-bond donors (Lipinski definition) is 1. The molecule has 0 radical (unpaired) electrons. The number of halogens is 2. The van der Waals surface area contributed by atoms with Crippen LogP contribution in [-0.2, 0) is 4.79 Å². The first kappa shape index (κ1) is 12.9. The summed E-state index contributed by atoms with van der Waals surface area (Å²) in [5.41, 5.74) is 0.796. The lowest BCUT2D eigenvalue weighted by Gasteiger charge is -2.21. The molecule has 1 saturated carbocycles. The van der Waals surface area contributed by atoms with E-state index in [2.05, 4.69) is 21.2 Å². The van der Waals surface area contributed by atoms with E-state index in [9.17, 15) is 4.79 Å². The molecule has 0 atom stereocenters. The molecule has 2 nitrogen and oxygen atoms in total. The van der Waals surface area contributed by atoms with Crippen LogP contribution < -0.4 is 5.32 Å². The van der Waals surface area contributed by atoms with Crippen LogP contribution in [0.3, 0.4) is 0 Å². The molecular weight excluding hydrogens is 302 g/mol. The molecular formula is C13H15BrClNO. The van der Waals surface area contributed by atoms with Gasteiger partial charge >= 0.3 is 0 Å². The van der Waals surface area contributed by atoms with Crippen molar-refractivity contribution in [2.45, 2.75) is 32.1 Å². The summed E-state index contributed by atoms with van der Waals surface area (Å²) in [7, 11) is 0. The van der Waals surface area contributed by atoms with Crippen molar-refractivity contribution in [2.24, 2.45) is 5.92 Å². The molecule has 0 saturated heterocycles. The van der Waals surface area contributed by atoms with Gasteiger partial charge in [0.25, 0.3) is 0 Å². The third-order valence-electron chi connectivity index (χ3n) is 3.16. The van der Waals surface area contributed by atoms with Crippen molar-refractivity contribution in [1.82, 2.24) is 0 Å². The molecule has 1 N–H and O–H groups in total. The highest BCUT2D eigenvalue weighted by Crippen LogP contribution is 2.29. The Balaban J connectivity index is 2.02. The molecule has 0 spiro atoms. The zero-order valence-electron chi connectivity index (χ0n) is 9.51. The number of nitrogens with one attached hydrogen (secondary N) is 1. The second-order valence-corrected chi connectivity index (χ2v) is 5.74. The van der Waals surface area contributed by atoms with Crippen molar-refractivity contribution < 1.29 is 4.79 Å². The van der Waals surface area contributed by atoms with Gasteiger partial charge in [0.2, 0.25) is 5.91 Å². The van der Waals surface area contributed by atoms with Gasteiger partial charge in [-0.3, -0.25) is 4.79 Å². The number of hydrogen-bond acceptors (Lipinski definition) is 1. The minimum Gasteiger partial charge on any atom is -0.325 e. The quantitative estimate of drug-likeness (QED) is 0.847. The van der Waals surface area contributed by atoms with E-state index in [1.807, 2.05) is 6.07 Å². The third kappa shape index (κ3) is 3.46. The minimum atomic E-state index is 0.132. The van der Waals surface area contributed by atoms with Crippen LogP contribution in [0.4, 0.5) is 5.69 Å². The van der Waals surface area contributed by atoms with Gasteiger partial charge < -0.3 is 5.32 Å². The summed E-state index contributed by atoms with van der Waals surface area (Å²) in [6.07, 6.45) is 5.61.